The molecule has 0 bridgehead atoms. The van der Waals surface area contributed by atoms with E-state index in [4.69, 9.17) is 14.2 Å². The Morgan fingerprint density at radius 2 is 1.83 bits per heavy atom. The minimum Gasteiger partial charge on any atom is -0.497 e. The van der Waals surface area contributed by atoms with Crippen molar-refractivity contribution in [3.05, 3.63) is 55.1 Å². The van der Waals surface area contributed by atoms with Gasteiger partial charge in [0.1, 0.15) is 24.9 Å². The Bertz CT molecular complexity index is 796. The van der Waals surface area contributed by atoms with Crippen LogP contribution in [0, 0.1) is 11.8 Å². The minimum absolute atomic E-state index is 0.0598. The van der Waals surface area contributed by atoms with Crippen LogP contribution in [0.5, 0.6) is 5.75 Å². The highest BCUT2D eigenvalue weighted by Gasteiger charge is 2.57. The molecule has 2 rings (SSSR count). The second kappa shape index (κ2) is 9.52. The van der Waals surface area contributed by atoms with Gasteiger partial charge in [-0.1, -0.05) is 37.4 Å². The average Bonchev–Trinajstić information content (AvgIpc) is 2.68. The van der Waals surface area contributed by atoms with Crippen LogP contribution in [0.3, 0.4) is 0 Å². The predicted octanol–water partition coefficient (Wildman–Crippen LogP) is 2.19. The number of hydrogen-bond donors (Lipinski definition) is 1. The fourth-order valence-electron chi connectivity index (χ4n) is 3.73. The third kappa shape index (κ3) is 4.92. The number of carbonyl (C=O) groups is 3. The van der Waals surface area contributed by atoms with Crippen LogP contribution < -0.4 is 4.74 Å². The lowest BCUT2D eigenvalue weighted by atomic mass is 9.61. The van der Waals surface area contributed by atoms with Crippen molar-refractivity contribution in [3.63, 3.8) is 0 Å². The zero-order chi connectivity index (χ0) is 21.6. The van der Waals surface area contributed by atoms with E-state index in [9.17, 15) is 19.5 Å². The van der Waals surface area contributed by atoms with Gasteiger partial charge in [0.05, 0.1) is 18.6 Å². The average molecular weight is 402 g/mol. The van der Waals surface area contributed by atoms with Gasteiger partial charge in [-0.15, -0.1) is 0 Å². The third-order valence-corrected chi connectivity index (χ3v) is 4.94. The molecule has 1 aliphatic rings. The van der Waals surface area contributed by atoms with Crippen molar-refractivity contribution in [2.24, 2.45) is 11.8 Å². The van der Waals surface area contributed by atoms with E-state index in [0.717, 1.165) is 0 Å². The van der Waals surface area contributed by atoms with Crippen molar-refractivity contribution in [2.45, 2.75) is 24.9 Å². The molecule has 0 heterocycles. The molecule has 0 amide bonds. The van der Waals surface area contributed by atoms with Gasteiger partial charge in [0.2, 0.25) is 0 Å². The molecule has 4 unspecified atom stereocenters. The zero-order valence-electron chi connectivity index (χ0n) is 16.6. The molecule has 156 valence electrons. The van der Waals surface area contributed by atoms with Gasteiger partial charge >= 0.3 is 11.9 Å². The van der Waals surface area contributed by atoms with E-state index < -0.39 is 41.1 Å². The third-order valence-electron chi connectivity index (χ3n) is 4.94. The summed E-state index contributed by atoms with van der Waals surface area (Å²) in [4.78, 5) is 38.4. The lowest BCUT2D eigenvalue weighted by molar-refractivity contribution is -0.172. The van der Waals surface area contributed by atoms with Crippen molar-refractivity contribution >= 4 is 17.7 Å². The number of benzene rings is 1. The number of esters is 2. The first-order valence-corrected chi connectivity index (χ1v) is 9.21. The highest BCUT2D eigenvalue weighted by Crippen LogP contribution is 2.47. The predicted molar refractivity (Wildman–Crippen MR) is 105 cm³/mol. The van der Waals surface area contributed by atoms with Crippen molar-refractivity contribution in [2.75, 3.05) is 20.3 Å². The monoisotopic (exact) mass is 402 g/mol. The summed E-state index contributed by atoms with van der Waals surface area (Å²) < 4.78 is 15.6. The Kier molecular flexibility index (Phi) is 7.34. The Labute approximate surface area is 170 Å². The van der Waals surface area contributed by atoms with Gasteiger partial charge in [0, 0.05) is 12.3 Å². The highest BCUT2D eigenvalue weighted by atomic mass is 16.5. The second-order valence-corrected chi connectivity index (χ2v) is 7.10. The maximum Gasteiger partial charge on any atom is 0.317 e. The molecule has 0 aromatic heterocycles. The molecule has 0 radical (unpaired) electrons. The molecule has 7 nitrogen and oxygen atoms in total. The van der Waals surface area contributed by atoms with Crippen molar-refractivity contribution < 1.29 is 33.7 Å². The van der Waals surface area contributed by atoms with Crippen molar-refractivity contribution in [3.8, 4) is 5.75 Å². The van der Waals surface area contributed by atoms with Gasteiger partial charge in [-0.2, -0.15) is 0 Å². The molecule has 0 spiro atoms. The summed E-state index contributed by atoms with van der Waals surface area (Å²) >= 11 is 0. The molecule has 1 fully saturated rings. The Hall–Kier alpha value is -2.93. The zero-order valence-corrected chi connectivity index (χ0v) is 16.6. The summed E-state index contributed by atoms with van der Waals surface area (Å²) in [6.45, 7) is 8.26. The van der Waals surface area contributed by atoms with Crippen LogP contribution >= 0.6 is 0 Å². The van der Waals surface area contributed by atoms with Crippen LogP contribution in [0.2, 0.25) is 0 Å². The maximum atomic E-state index is 12.9. The van der Waals surface area contributed by atoms with Gasteiger partial charge in [0.15, 0.2) is 5.78 Å². The molecule has 29 heavy (non-hydrogen) atoms. The van der Waals surface area contributed by atoms with E-state index in [1.54, 1.807) is 24.3 Å². The first kappa shape index (κ1) is 22.4. The molecule has 7 heteroatoms. The Morgan fingerprint density at radius 1 is 1.21 bits per heavy atom. The Morgan fingerprint density at radius 3 is 2.41 bits per heavy atom. The topological polar surface area (TPSA) is 99.1 Å². The van der Waals surface area contributed by atoms with Crippen molar-refractivity contribution in [1.82, 2.24) is 0 Å². The van der Waals surface area contributed by atoms with E-state index in [2.05, 4.69) is 13.2 Å². The molecular formula is C22H26O7. The van der Waals surface area contributed by atoms with Crippen molar-refractivity contribution in [1.29, 1.82) is 0 Å². The molecule has 0 aliphatic heterocycles. The molecule has 4 atom stereocenters. The summed E-state index contributed by atoms with van der Waals surface area (Å²) in [5.41, 5.74) is -1.23. The highest BCUT2D eigenvalue weighted by molar-refractivity contribution is 6.02. The second-order valence-electron chi connectivity index (χ2n) is 7.10. The lowest BCUT2D eigenvalue weighted by Crippen LogP contribution is -2.55. The quantitative estimate of drug-likeness (QED) is 0.404. The van der Waals surface area contributed by atoms with E-state index >= 15 is 0 Å². The van der Waals surface area contributed by atoms with Crippen LogP contribution in [-0.2, 0) is 23.9 Å². The fourth-order valence-corrected chi connectivity index (χ4v) is 3.73. The Balaban J connectivity index is 2.60. The van der Waals surface area contributed by atoms with Gasteiger partial charge in [-0.05, 0) is 24.6 Å². The molecule has 1 saturated carbocycles. The number of rotatable bonds is 8. The van der Waals surface area contributed by atoms with Gasteiger partial charge in [-0.25, -0.2) is 0 Å². The van der Waals surface area contributed by atoms with Gasteiger partial charge in [0.25, 0.3) is 0 Å². The fraction of sp³-hybridized carbons (Fsp3) is 0.409. The molecular weight excluding hydrogens is 376 g/mol. The lowest BCUT2D eigenvalue weighted by Gasteiger charge is -2.43. The summed E-state index contributed by atoms with van der Waals surface area (Å²) in [6.07, 6.45) is 2.41. The number of aliphatic hydroxyl groups is 1. The number of carbonyl (C=O) groups excluding carboxylic acids is 3. The normalized spacial score (nSPS) is 26.3. The number of Topliss-reactive ketones (excluding diaryl/α,β-unsaturated/α-hetero) is 1. The minimum atomic E-state index is -1.71. The van der Waals surface area contributed by atoms with Crippen LogP contribution in [-0.4, -0.2) is 48.8 Å². The number of methoxy groups -OCH3 is 1. The maximum absolute atomic E-state index is 12.9. The summed E-state index contributed by atoms with van der Waals surface area (Å²) in [7, 11) is 1.48. The number of ketones is 1. The van der Waals surface area contributed by atoms with Crippen LogP contribution in [0.15, 0.2) is 49.6 Å². The number of hydrogen-bond acceptors (Lipinski definition) is 7. The van der Waals surface area contributed by atoms with E-state index in [-0.39, 0.29) is 19.6 Å². The summed E-state index contributed by atoms with van der Waals surface area (Å²) in [5.74, 6) is -4.97. The van der Waals surface area contributed by atoms with E-state index in [0.29, 0.717) is 11.3 Å². The van der Waals surface area contributed by atoms with Gasteiger partial charge < -0.3 is 19.3 Å². The number of ether oxygens (including phenoxy) is 3. The summed E-state index contributed by atoms with van der Waals surface area (Å²) in [6, 6.07) is 6.67. The molecule has 1 N–H and O–H groups in total. The van der Waals surface area contributed by atoms with E-state index in [1.807, 2.05) is 0 Å². The largest absolute Gasteiger partial charge is 0.497 e. The van der Waals surface area contributed by atoms with Crippen LogP contribution in [0.1, 0.15) is 24.8 Å². The standard InChI is InChI=1S/C22H26O7/c1-5-10-28-20(24)18-16(23)13-22(3,26)19(21(25)29-11-6-2)17(18)14-8-7-9-15(12-14)27-4/h5-9,12,17-19,26H,1-2,10-11,13H2,3-4H3. The first-order valence-electron chi connectivity index (χ1n) is 9.21. The smallest absolute Gasteiger partial charge is 0.317 e. The van der Waals surface area contributed by atoms with Gasteiger partial charge in [-0.3, -0.25) is 14.4 Å². The summed E-state index contributed by atoms with van der Waals surface area (Å²) in [5, 5.41) is 11.0. The molecule has 1 aliphatic carbocycles. The van der Waals surface area contributed by atoms with E-state index in [1.165, 1.54) is 26.2 Å². The molecule has 1 aromatic carbocycles. The van der Waals surface area contributed by atoms with Crippen LogP contribution in [0.25, 0.3) is 0 Å². The van der Waals surface area contributed by atoms with Crippen LogP contribution in [0.4, 0.5) is 0 Å². The molecule has 0 saturated heterocycles. The first-order chi connectivity index (χ1) is 13.8. The SMILES string of the molecule is C=CCOC(=O)C1C(=O)CC(C)(O)C(C(=O)OCC=C)C1c1cccc(OC)c1. The molecule has 1 aromatic rings.